The van der Waals surface area contributed by atoms with Gasteiger partial charge in [0.2, 0.25) is 0 Å². The lowest BCUT2D eigenvalue weighted by Gasteiger charge is -1.88. The van der Waals surface area contributed by atoms with Crippen molar-refractivity contribution >= 4 is 35.9 Å². The summed E-state index contributed by atoms with van der Waals surface area (Å²) in [6.07, 6.45) is 1.49. The fourth-order valence-electron chi connectivity index (χ4n) is 1.55. The maximum atomic E-state index is 10.1. The van der Waals surface area contributed by atoms with E-state index in [2.05, 4.69) is 4.98 Å². The predicted octanol–water partition coefficient (Wildman–Crippen LogP) is 3.80. The highest BCUT2D eigenvalue weighted by Gasteiger charge is 1.93. The van der Waals surface area contributed by atoms with Gasteiger partial charge in [-0.05, 0) is 24.4 Å². The molecule has 0 saturated heterocycles. The predicted molar refractivity (Wildman–Crippen MR) is 78.6 cm³/mol. The van der Waals surface area contributed by atoms with E-state index in [1.165, 1.54) is 0 Å². The van der Waals surface area contributed by atoms with Crippen LogP contribution in [0.4, 0.5) is 0 Å². The molecule has 20 heavy (non-hydrogen) atoms. The van der Waals surface area contributed by atoms with Gasteiger partial charge >= 0.3 is 0 Å². The Bertz CT molecular complexity index is 708. The number of aldehydes is 2. The van der Waals surface area contributed by atoms with Crippen LogP contribution < -0.4 is 0 Å². The first-order valence-corrected chi connectivity index (χ1v) is 6.22. The fraction of sp³-hybridized carbons (Fsp3) is 0. The Morgan fingerprint density at radius 2 is 1.45 bits per heavy atom. The molecule has 0 amide bonds. The molecule has 0 saturated carbocycles. The molecule has 0 unspecified atom stereocenters. The number of carbonyl (C=O) groups excluding carboxylic acids is 2. The van der Waals surface area contributed by atoms with Crippen molar-refractivity contribution in [3.05, 3.63) is 64.5 Å². The molecule has 2 aromatic carbocycles. The highest BCUT2D eigenvalue weighted by atomic mass is 32.1. The van der Waals surface area contributed by atoms with Crippen molar-refractivity contribution in [1.29, 1.82) is 0 Å². The molecule has 4 nitrogen and oxygen atoms in total. The van der Waals surface area contributed by atoms with E-state index < -0.39 is 0 Å². The van der Waals surface area contributed by atoms with Gasteiger partial charge in [0, 0.05) is 11.1 Å². The van der Waals surface area contributed by atoms with Gasteiger partial charge in [0.25, 0.3) is 4.84 Å². The zero-order valence-electron chi connectivity index (χ0n) is 10.4. The van der Waals surface area contributed by atoms with Gasteiger partial charge in [0.15, 0.2) is 5.58 Å². The van der Waals surface area contributed by atoms with Gasteiger partial charge < -0.3 is 9.40 Å². The number of benzene rings is 2. The molecular formula is C15H11NO3S. The third-order valence-corrected chi connectivity index (χ3v) is 2.72. The Balaban J connectivity index is 0.000000147. The van der Waals surface area contributed by atoms with Crippen LogP contribution in [0.15, 0.2) is 52.9 Å². The quantitative estimate of drug-likeness (QED) is 0.574. The standard InChI is InChI=1S/C8H6O2.C7H5NOS/c9-5-7-1-2-8(6-10)4-3-7;10-7-8-5-3-1-2-4-6(5)9-7/h1-6H;1-4H,(H,8,10). The fourth-order valence-corrected chi connectivity index (χ4v) is 1.75. The summed E-state index contributed by atoms with van der Waals surface area (Å²) in [6.45, 7) is 0. The van der Waals surface area contributed by atoms with Crippen LogP contribution in [0.2, 0.25) is 0 Å². The molecule has 3 rings (SSSR count). The molecule has 0 aliphatic heterocycles. The van der Waals surface area contributed by atoms with Gasteiger partial charge in [-0.2, -0.15) is 0 Å². The van der Waals surface area contributed by atoms with E-state index in [0.717, 1.165) is 23.7 Å². The van der Waals surface area contributed by atoms with Gasteiger partial charge in [-0.1, -0.05) is 36.4 Å². The number of aromatic amines is 1. The van der Waals surface area contributed by atoms with Crippen molar-refractivity contribution < 1.29 is 14.0 Å². The maximum absolute atomic E-state index is 10.1. The van der Waals surface area contributed by atoms with Crippen molar-refractivity contribution in [2.24, 2.45) is 0 Å². The molecule has 0 radical (unpaired) electrons. The van der Waals surface area contributed by atoms with Crippen LogP contribution in [0, 0.1) is 4.84 Å². The van der Waals surface area contributed by atoms with Crippen LogP contribution in [-0.4, -0.2) is 17.6 Å². The van der Waals surface area contributed by atoms with E-state index in [4.69, 9.17) is 16.6 Å². The van der Waals surface area contributed by atoms with Crippen molar-refractivity contribution in [3.8, 4) is 0 Å². The Morgan fingerprint density at radius 1 is 0.900 bits per heavy atom. The molecule has 1 N–H and O–H groups in total. The minimum atomic E-state index is 0.432. The second-order valence-electron chi connectivity index (χ2n) is 3.91. The van der Waals surface area contributed by atoms with Gasteiger partial charge in [-0.3, -0.25) is 9.59 Å². The number of fused-ring (bicyclic) bond motifs is 1. The summed E-state index contributed by atoms with van der Waals surface area (Å²) in [5.41, 5.74) is 2.94. The minimum Gasteiger partial charge on any atom is -0.429 e. The zero-order chi connectivity index (χ0) is 14.4. The Morgan fingerprint density at radius 3 is 1.95 bits per heavy atom. The number of hydrogen-bond acceptors (Lipinski definition) is 4. The molecule has 0 fully saturated rings. The summed E-state index contributed by atoms with van der Waals surface area (Å²) in [6, 6.07) is 14.1. The van der Waals surface area contributed by atoms with Gasteiger partial charge in [0.1, 0.15) is 12.6 Å². The van der Waals surface area contributed by atoms with Gasteiger partial charge in [0.05, 0.1) is 5.52 Å². The monoisotopic (exact) mass is 285 g/mol. The highest BCUT2D eigenvalue weighted by molar-refractivity contribution is 7.71. The van der Waals surface area contributed by atoms with Crippen LogP contribution in [-0.2, 0) is 0 Å². The van der Waals surface area contributed by atoms with E-state index in [0.29, 0.717) is 16.0 Å². The van der Waals surface area contributed by atoms with E-state index in [-0.39, 0.29) is 0 Å². The Kier molecular flexibility index (Phi) is 4.57. The number of H-pyrrole nitrogens is 1. The number of aromatic nitrogens is 1. The first-order chi connectivity index (χ1) is 9.72. The second-order valence-corrected chi connectivity index (χ2v) is 4.28. The van der Waals surface area contributed by atoms with E-state index in [9.17, 15) is 9.59 Å². The smallest absolute Gasteiger partial charge is 0.266 e. The Hall–Kier alpha value is -2.53. The molecule has 0 spiro atoms. The van der Waals surface area contributed by atoms with E-state index in [1.54, 1.807) is 24.3 Å². The molecule has 1 aromatic heterocycles. The molecule has 1 heterocycles. The third-order valence-electron chi connectivity index (χ3n) is 2.54. The van der Waals surface area contributed by atoms with Crippen LogP contribution >= 0.6 is 12.2 Å². The minimum absolute atomic E-state index is 0.432. The topological polar surface area (TPSA) is 63.1 Å². The first kappa shape index (κ1) is 13.9. The van der Waals surface area contributed by atoms with Crippen molar-refractivity contribution in [3.63, 3.8) is 0 Å². The normalized spacial score (nSPS) is 9.60. The van der Waals surface area contributed by atoms with Crippen molar-refractivity contribution in [2.45, 2.75) is 0 Å². The number of nitrogens with one attached hydrogen (secondary N) is 1. The van der Waals surface area contributed by atoms with Crippen molar-refractivity contribution in [2.75, 3.05) is 0 Å². The summed E-state index contributed by atoms with van der Waals surface area (Å²) < 4.78 is 5.13. The maximum Gasteiger partial charge on any atom is 0.266 e. The zero-order valence-corrected chi connectivity index (χ0v) is 11.2. The lowest BCUT2D eigenvalue weighted by Crippen LogP contribution is -1.81. The molecule has 0 aliphatic carbocycles. The molecule has 3 aromatic rings. The summed E-state index contributed by atoms with van der Waals surface area (Å²) in [5.74, 6) is 0. The van der Waals surface area contributed by atoms with Gasteiger partial charge in [-0.25, -0.2) is 0 Å². The van der Waals surface area contributed by atoms with Crippen LogP contribution in [0.5, 0.6) is 0 Å². The highest BCUT2D eigenvalue weighted by Crippen LogP contribution is 2.10. The number of hydrogen-bond donors (Lipinski definition) is 1. The summed E-state index contributed by atoms with van der Waals surface area (Å²) >= 11 is 4.79. The van der Waals surface area contributed by atoms with E-state index >= 15 is 0 Å². The number of oxazole rings is 1. The number of carbonyl (C=O) groups is 2. The van der Waals surface area contributed by atoms with Crippen LogP contribution in [0.3, 0.4) is 0 Å². The third kappa shape index (κ3) is 3.49. The average Bonchev–Trinajstić information content (AvgIpc) is 2.88. The Labute approximate surface area is 120 Å². The molecular weight excluding hydrogens is 274 g/mol. The van der Waals surface area contributed by atoms with E-state index in [1.807, 2.05) is 24.3 Å². The molecule has 100 valence electrons. The second kappa shape index (κ2) is 6.58. The van der Waals surface area contributed by atoms with Crippen LogP contribution in [0.1, 0.15) is 20.7 Å². The SMILES string of the molecule is O=Cc1ccc(C=O)cc1.S=c1[nH]c2ccccc2o1. The number of para-hydroxylation sites is 2. The molecule has 0 bridgehead atoms. The lowest BCUT2D eigenvalue weighted by molar-refractivity contribution is 0.111. The first-order valence-electron chi connectivity index (χ1n) is 5.81. The molecule has 0 aliphatic rings. The largest absolute Gasteiger partial charge is 0.429 e. The lowest BCUT2D eigenvalue weighted by atomic mass is 10.2. The van der Waals surface area contributed by atoms with Crippen molar-refractivity contribution in [1.82, 2.24) is 4.98 Å². The molecule has 0 atom stereocenters. The number of rotatable bonds is 2. The summed E-state index contributed by atoms with van der Waals surface area (Å²) in [7, 11) is 0. The molecule has 5 heteroatoms. The average molecular weight is 285 g/mol. The van der Waals surface area contributed by atoms with Crippen LogP contribution in [0.25, 0.3) is 11.1 Å². The summed E-state index contributed by atoms with van der Waals surface area (Å²) in [4.78, 5) is 23.6. The summed E-state index contributed by atoms with van der Waals surface area (Å²) in [5, 5.41) is 0. The van der Waals surface area contributed by atoms with Gasteiger partial charge in [-0.15, -0.1) is 0 Å².